The van der Waals surface area contributed by atoms with Gasteiger partial charge in [-0.2, -0.15) is 4.98 Å². The number of nitrogens with one attached hydrogen (secondary N) is 1. The fraction of sp³-hybridized carbons (Fsp3) is 0.316. The number of nitrogens with zero attached hydrogens (tertiary/aromatic N) is 5. The molecule has 0 bridgehead atoms. The smallest absolute Gasteiger partial charge is 0.248 e. The zero-order valence-corrected chi connectivity index (χ0v) is 15.2. The fourth-order valence-corrected chi connectivity index (χ4v) is 3.24. The summed E-state index contributed by atoms with van der Waals surface area (Å²) in [4.78, 5) is 10.6. The van der Waals surface area contributed by atoms with Crippen LogP contribution in [0.15, 0.2) is 36.7 Å². The Bertz CT molecular complexity index is 969. The lowest BCUT2D eigenvalue weighted by molar-refractivity contribution is 0.286. The summed E-state index contributed by atoms with van der Waals surface area (Å²) in [5, 5.41) is 7.18. The monoisotopic (exact) mass is 388 g/mol. The first-order valence-electron chi connectivity index (χ1n) is 8.99. The summed E-state index contributed by atoms with van der Waals surface area (Å²) in [6.45, 7) is 3.01. The van der Waals surface area contributed by atoms with Gasteiger partial charge in [0.1, 0.15) is 35.8 Å². The lowest BCUT2D eigenvalue weighted by Crippen LogP contribution is -2.37. The minimum Gasteiger partial charge on any atom is -0.354 e. The van der Waals surface area contributed by atoms with E-state index in [2.05, 4.69) is 20.4 Å². The van der Waals surface area contributed by atoms with Gasteiger partial charge in [0.15, 0.2) is 0 Å². The molecule has 1 aromatic carbocycles. The van der Waals surface area contributed by atoms with Gasteiger partial charge in [0.25, 0.3) is 0 Å². The summed E-state index contributed by atoms with van der Waals surface area (Å²) >= 11 is 0. The zero-order valence-electron chi connectivity index (χ0n) is 15.2. The van der Waals surface area contributed by atoms with Crippen LogP contribution in [0.4, 0.5) is 30.8 Å². The Morgan fingerprint density at radius 3 is 2.64 bits per heavy atom. The van der Waals surface area contributed by atoms with Crippen molar-refractivity contribution in [2.45, 2.75) is 25.9 Å². The Balaban J connectivity index is 1.55. The molecule has 3 heterocycles. The molecule has 1 aliphatic heterocycles. The van der Waals surface area contributed by atoms with Gasteiger partial charge in [0.2, 0.25) is 5.95 Å². The summed E-state index contributed by atoms with van der Waals surface area (Å²) in [6.07, 6.45) is 1.87. The van der Waals surface area contributed by atoms with E-state index in [4.69, 9.17) is 0 Å². The van der Waals surface area contributed by atoms with Crippen LogP contribution < -0.4 is 10.2 Å². The van der Waals surface area contributed by atoms with Crippen molar-refractivity contribution in [2.75, 3.05) is 23.3 Å². The van der Waals surface area contributed by atoms with Crippen LogP contribution in [0.3, 0.4) is 0 Å². The molecule has 28 heavy (non-hydrogen) atoms. The molecule has 1 unspecified atom stereocenters. The summed E-state index contributed by atoms with van der Waals surface area (Å²) in [5.74, 6) is 0.0433. The normalized spacial score (nSPS) is 17.0. The molecule has 3 aromatic rings. The summed E-state index contributed by atoms with van der Waals surface area (Å²) in [6, 6.07) is 6.84. The maximum absolute atomic E-state index is 13.7. The SMILES string of the molecule is Cc1cc(Nc2ncn(-c3cc(F)cc(F)c3)n2)nc(N2CCCC(F)C2)c1. The first-order chi connectivity index (χ1) is 13.5. The number of alkyl halides is 1. The number of aryl methyl sites for hydroxylation is 1. The molecule has 0 aliphatic carbocycles. The second-order valence-corrected chi connectivity index (χ2v) is 6.84. The molecule has 9 heteroatoms. The molecule has 0 amide bonds. The van der Waals surface area contributed by atoms with E-state index in [9.17, 15) is 13.2 Å². The van der Waals surface area contributed by atoms with Gasteiger partial charge in [-0.3, -0.25) is 0 Å². The molecule has 1 aliphatic rings. The predicted octanol–water partition coefficient (Wildman–Crippen LogP) is 3.93. The van der Waals surface area contributed by atoms with Crippen LogP contribution in [-0.4, -0.2) is 39.0 Å². The van der Waals surface area contributed by atoms with Gasteiger partial charge in [0, 0.05) is 12.6 Å². The molecule has 146 valence electrons. The molecule has 0 saturated carbocycles. The van der Waals surface area contributed by atoms with Crippen LogP contribution in [0.5, 0.6) is 0 Å². The van der Waals surface area contributed by atoms with Gasteiger partial charge in [-0.25, -0.2) is 22.8 Å². The zero-order chi connectivity index (χ0) is 19.7. The summed E-state index contributed by atoms with van der Waals surface area (Å²) in [5.41, 5.74) is 1.18. The number of rotatable bonds is 4. The third kappa shape index (κ3) is 4.08. The Morgan fingerprint density at radius 2 is 1.89 bits per heavy atom. The molecule has 1 fully saturated rings. The van der Waals surface area contributed by atoms with E-state index in [-0.39, 0.29) is 11.6 Å². The van der Waals surface area contributed by atoms with Gasteiger partial charge in [-0.15, -0.1) is 5.10 Å². The van der Waals surface area contributed by atoms with Crippen molar-refractivity contribution in [1.29, 1.82) is 0 Å². The van der Waals surface area contributed by atoms with Crippen LogP contribution >= 0.6 is 0 Å². The Morgan fingerprint density at radius 1 is 1.11 bits per heavy atom. The fourth-order valence-electron chi connectivity index (χ4n) is 3.24. The number of hydrogen-bond acceptors (Lipinski definition) is 5. The largest absolute Gasteiger partial charge is 0.354 e. The van der Waals surface area contributed by atoms with Crippen molar-refractivity contribution < 1.29 is 13.2 Å². The molecule has 1 N–H and O–H groups in total. The van der Waals surface area contributed by atoms with Gasteiger partial charge in [-0.05, 0) is 49.6 Å². The quantitative estimate of drug-likeness (QED) is 0.734. The van der Waals surface area contributed by atoms with E-state index in [1.807, 2.05) is 24.0 Å². The third-order valence-electron chi connectivity index (χ3n) is 4.49. The molecule has 6 nitrogen and oxygen atoms in total. The number of piperidine rings is 1. The maximum Gasteiger partial charge on any atom is 0.248 e. The lowest BCUT2D eigenvalue weighted by atomic mass is 10.1. The lowest BCUT2D eigenvalue weighted by Gasteiger charge is -2.30. The average molecular weight is 388 g/mol. The van der Waals surface area contributed by atoms with Crippen molar-refractivity contribution in [3.63, 3.8) is 0 Å². The molecule has 1 atom stereocenters. The molecular weight excluding hydrogens is 369 g/mol. The third-order valence-corrected chi connectivity index (χ3v) is 4.49. The standard InChI is InChI=1S/C19H19F3N6/c1-12-5-17(24-18(6-12)27-4-2-3-13(20)10-27)25-19-23-11-28(26-19)16-8-14(21)7-15(22)9-16/h5-9,11,13H,2-4,10H2,1H3,(H,24,25,26). The van der Waals surface area contributed by atoms with Crippen molar-refractivity contribution >= 4 is 17.6 Å². The van der Waals surface area contributed by atoms with Crippen LogP contribution in [0, 0.1) is 18.6 Å². The number of pyridine rings is 1. The van der Waals surface area contributed by atoms with Gasteiger partial charge < -0.3 is 10.2 Å². The molecule has 4 rings (SSSR count). The molecule has 0 spiro atoms. The number of hydrogen-bond donors (Lipinski definition) is 1. The highest BCUT2D eigenvalue weighted by atomic mass is 19.1. The maximum atomic E-state index is 13.7. The Kier molecular flexibility index (Phi) is 4.89. The van der Waals surface area contributed by atoms with Crippen molar-refractivity contribution in [3.05, 3.63) is 53.9 Å². The topological polar surface area (TPSA) is 58.9 Å². The Labute approximate surface area is 160 Å². The van der Waals surface area contributed by atoms with E-state index in [1.165, 1.54) is 11.0 Å². The van der Waals surface area contributed by atoms with E-state index in [1.54, 1.807) is 0 Å². The predicted molar refractivity (Wildman–Crippen MR) is 99.9 cm³/mol. The van der Waals surface area contributed by atoms with Crippen LogP contribution in [0.2, 0.25) is 0 Å². The summed E-state index contributed by atoms with van der Waals surface area (Å²) < 4.78 is 41.8. The Hall–Kier alpha value is -3.10. The number of aromatic nitrogens is 4. The van der Waals surface area contributed by atoms with Crippen LogP contribution in [0.1, 0.15) is 18.4 Å². The van der Waals surface area contributed by atoms with E-state index in [0.29, 0.717) is 24.6 Å². The van der Waals surface area contributed by atoms with Gasteiger partial charge >= 0.3 is 0 Å². The molecule has 1 saturated heterocycles. The van der Waals surface area contributed by atoms with E-state index >= 15 is 0 Å². The van der Waals surface area contributed by atoms with E-state index in [0.717, 1.165) is 36.7 Å². The minimum atomic E-state index is -0.850. The van der Waals surface area contributed by atoms with Crippen molar-refractivity contribution in [1.82, 2.24) is 19.7 Å². The highest BCUT2D eigenvalue weighted by Gasteiger charge is 2.21. The second-order valence-electron chi connectivity index (χ2n) is 6.84. The first-order valence-corrected chi connectivity index (χ1v) is 8.99. The first kappa shape index (κ1) is 18.3. The summed E-state index contributed by atoms with van der Waals surface area (Å²) in [7, 11) is 0. The highest BCUT2D eigenvalue weighted by Crippen LogP contribution is 2.24. The van der Waals surface area contributed by atoms with Crippen molar-refractivity contribution in [3.8, 4) is 5.69 Å². The number of benzene rings is 1. The van der Waals surface area contributed by atoms with Crippen molar-refractivity contribution in [2.24, 2.45) is 0 Å². The van der Waals surface area contributed by atoms with Gasteiger partial charge in [-0.1, -0.05) is 0 Å². The highest BCUT2D eigenvalue weighted by molar-refractivity contribution is 5.55. The number of anilines is 3. The minimum absolute atomic E-state index is 0.221. The van der Waals surface area contributed by atoms with Crippen LogP contribution in [-0.2, 0) is 0 Å². The average Bonchev–Trinajstić information content (AvgIpc) is 3.09. The van der Waals surface area contributed by atoms with Crippen LogP contribution in [0.25, 0.3) is 5.69 Å². The molecule has 2 aromatic heterocycles. The molecule has 0 radical (unpaired) electrons. The second kappa shape index (κ2) is 7.49. The van der Waals surface area contributed by atoms with E-state index < -0.39 is 17.8 Å². The number of halogens is 3. The molecular formula is C19H19F3N6. The van der Waals surface area contributed by atoms with Gasteiger partial charge in [0.05, 0.1) is 12.2 Å².